The summed E-state index contributed by atoms with van der Waals surface area (Å²) < 4.78 is 0. The van der Waals surface area contributed by atoms with E-state index in [0.29, 0.717) is 6.54 Å². The molecule has 0 spiro atoms. The summed E-state index contributed by atoms with van der Waals surface area (Å²) >= 11 is 1.68. The first-order valence-corrected chi connectivity index (χ1v) is 8.96. The molecule has 0 radical (unpaired) electrons. The van der Waals surface area contributed by atoms with Crippen LogP contribution in [0, 0.1) is 0 Å². The smallest absolute Gasteiger partial charge is 0.237 e. The molecule has 23 heavy (non-hydrogen) atoms. The first-order valence-electron chi connectivity index (χ1n) is 8.08. The number of thiophene rings is 1. The molecule has 0 unspecified atom stereocenters. The largest absolute Gasteiger partial charge is 0.369 e. The zero-order valence-corrected chi connectivity index (χ0v) is 14.3. The van der Waals surface area contributed by atoms with E-state index in [1.54, 1.807) is 11.3 Å². The fourth-order valence-corrected chi connectivity index (χ4v) is 3.55. The van der Waals surface area contributed by atoms with E-state index in [9.17, 15) is 4.79 Å². The van der Waals surface area contributed by atoms with Gasteiger partial charge in [0, 0.05) is 36.7 Å². The van der Waals surface area contributed by atoms with E-state index in [0.717, 1.165) is 26.2 Å². The second-order valence-electron chi connectivity index (χ2n) is 5.83. The van der Waals surface area contributed by atoms with Crippen molar-refractivity contribution in [3.8, 4) is 0 Å². The third kappa shape index (κ3) is 4.12. The summed E-state index contributed by atoms with van der Waals surface area (Å²) in [6, 6.07) is 14.5. The number of rotatable bonds is 5. The number of anilines is 1. The van der Waals surface area contributed by atoms with Crippen molar-refractivity contribution in [2.45, 2.75) is 19.5 Å². The SMILES string of the molecule is C[C@@H](C(=O)NCc1cccs1)N1CCN(c2ccccc2)CC1. The minimum absolute atomic E-state index is 0.0760. The Kier molecular flexibility index (Phi) is 5.31. The van der Waals surface area contributed by atoms with E-state index in [1.807, 2.05) is 30.5 Å². The summed E-state index contributed by atoms with van der Waals surface area (Å²) in [5.74, 6) is 0.117. The maximum Gasteiger partial charge on any atom is 0.237 e. The number of piperazine rings is 1. The second kappa shape index (κ2) is 7.62. The van der Waals surface area contributed by atoms with E-state index < -0.39 is 0 Å². The third-order valence-electron chi connectivity index (χ3n) is 4.38. The van der Waals surface area contributed by atoms with E-state index in [2.05, 4.69) is 39.4 Å². The molecule has 4 nitrogen and oxygen atoms in total. The highest BCUT2D eigenvalue weighted by Crippen LogP contribution is 2.16. The van der Waals surface area contributed by atoms with Gasteiger partial charge in [0.1, 0.15) is 0 Å². The molecule has 5 heteroatoms. The van der Waals surface area contributed by atoms with Gasteiger partial charge in [-0.25, -0.2) is 0 Å². The molecule has 1 saturated heterocycles. The lowest BCUT2D eigenvalue weighted by atomic mass is 10.2. The number of benzene rings is 1. The third-order valence-corrected chi connectivity index (χ3v) is 5.26. The van der Waals surface area contributed by atoms with Gasteiger partial charge < -0.3 is 10.2 Å². The van der Waals surface area contributed by atoms with Gasteiger partial charge in [-0.15, -0.1) is 11.3 Å². The highest BCUT2D eigenvalue weighted by molar-refractivity contribution is 7.09. The molecule has 0 bridgehead atoms. The lowest BCUT2D eigenvalue weighted by Crippen LogP contribution is -2.53. The normalized spacial score (nSPS) is 17.0. The Morgan fingerprint density at radius 3 is 2.52 bits per heavy atom. The van der Waals surface area contributed by atoms with Crippen LogP contribution in [-0.4, -0.2) is 43.0 Å². The van der Waals surface area contributed by atoms with Crippen LogP contribution < -0.4 is 10.2 Å². The zero-order chi connectivity index (χ0) is 16.1. The first-order chi connectivity index (χ1) is 11.2. The van der Waals surface area contributed by atoms with Crippen LogP contribution in [-0.2, 0) is 11.3 Å². The molecule has 1 atom stereocenters. The van der Waals surface area contributed by atoms with Gasteiger partial charge in [-0.1, -0.05) is 24.3 Å². The number of hydrogen-bond acceptors (Lipinski definition) is 4. The van der Waals surface area contributed by atoms with Crippen molar-refractivity contribution in [3.05, 3.63) is 52.7 Å². The number of para-hydroxylation sites is 1. The Morgan fingerprint density at radius 1 is 1.13 bits per heavy atom. The molecule has 1 aromatic carbocycles. The van der Waals surface area contributed by atoms with Crippen LogP contribution in [0.4, 0.5) is 5.69 Å². The maximum atomic E-state index is 12.3. The van der Waals surface area contributed by atoms with Crippen molar-refractivity contribution in [2.24, 2.45) is 0 Å². The number of carbonyl (C=O) groups excluding carboxylic acids is 1. The molecule has 1 aliphatic rings. The Labute approximate surface area is 141 Å². The Balaban J connectivity index is 1.47. The molecule has 1 aromatic heterocycles. The van der Waals surface area contributed by atoms with Crippen LogP contribution in [0.15, 0.2) is 47.8 Å². The van der Waals surface area contributed by atoms with Crippen molar-refractivity contribution in [3.63, 3.8) is 0 Å². The highest BCUT2D eigenvalue weighted by Gasteiger charge is 2.25. The summed E-state index contributed by atoms with van der Waals surface area (Å²) in [5, 5.41) is 5.08. The quantitative estimate of drug-likeness (QED) is 0.916. The summed E-state index contributed by atoms with van der Waals surface area (Å²) in [5.41, 5.74) is 1.27. The number of carbonyl (C=O) groups is 1. The van der Waals surface area contributed by atoms with Gasteiger partial charge in [0.2, 0.25) is 5.91 Å². The summed E-state index contributed by atoms with van der Waals surface area (Å²) in [6.45, 7) is 6.40. The van der Waals surface area contributed by atoms with Crippen molar-refractivity contribution in [2.75, 3.05) is 31.1 Å². The number of nitrogens with one attached hydrogen (secondary N) is 1. The lowest BCUT2D eigenvalue weighted by molar-refractivity contribution is -0.126. The highest BCUT2D eigenvalue weighted by atomic mass is 32.1. The topological polar surface area (TPSA) is 35.6 Å². The van der Waals surface area contributed by atoms with Crippen molar-refractivity contribution in [1.82, 2.24) is 10.2 Å². The molecule has 2 aromatic rings. The van der Waals surface area contributed by atoms with Gasteiger partial charge in [0.15, 0.2) is 0 Å². The molecule has 1 N–H and O–H groups in total. The molecule has 0 aliphatic carbocycles. The van der Waals surface area contributed by atoms with Gasteiger partial charge in [-0.05, 0) is 30.5 Å². The van der Waals surface area contributed by atoms with Crippen molar-refractivity contribution >= 4 is 22.9 Å². The minimum atomic E-state index is -0.0760. The predicted octanol–water partition coefficient (Wildman–Crippen LogP) is 2.58. The van der Waals surface area contributed by atoms with E-state index >= 15 is 0 Å². The van der Waals surface area contributed by atoms with Crippen LogP contribution >= 0.6 is 11.3 Å². The molecule has 3 rings (SSSR count). The fourth-order valence-electron chi connectivity index (χ4n) is 2.91. The van der Waals surface area contributed by atoms with Crippen LogP contribution in [0.25, 0.3) is 0 Å². The lowest BCUT2D eigenvalue weighted by Gasteiger charge is -2.38. The summed E-state index contributed by atoms with van der Waals surface area (Å²) in [6.07, 6.45) is 0. The van der Waals surface area contributed by atoms with Crippen molar-refractivity contribution < 1.29 is 4.79 Å². The van der Waals surface area contributed by atoms with Gasteiger partial charge >= 0.3 is 0 Å². The standard InChI is InChI=1S/C18H23N3OS/c1-15(18(22)19-14-17-8-5-13-23-17)20-9-11-21(12-10-20)16-6-3-2-4-7-16/h2-8,13,15H,9-12,14H2,1H3,(H,19,22)/t15-/m0/s1. The Morgan fingerprint density at radius 2 is 1.87 bits per heavy atom. The van der Waals surface area contributed by atoms with Gasteiger partial charge in [-0.3, -0.25) is 9.69 Å². The molecule has 1 fully saturated rings. The molecule has 2 heterocycles. The monoisotopic (exact) mass is 329 g/mol. The Hall–Kier alpha value is -1.85. The van der Waals surface area contributed by atoms with E-state index in [1.165, 1.54) is 10.6 Å². The molecular weight excluding hydrogens is 306 g/mol. The van der Waals surface area contributed by atoms with E-state index in [4.69, 9.17) is 0 Å². The Bertz CT molecular complexity index is 606. The second-order valence-corrected chi connectivity index (χ2v) is 6.86. The van der Waals surface area contributed by atoms with E-state index in [-0.39, 0.29) is 11.9 Å². The number of nitrogens with zero attached hydrogens (tertiary/aromatic N) is 2. The maximum absolute atomic E-state index is 12.3. The molecule has 1 amide bonds. The first kappa shape index (κ1) is 16.0. The van der Waals surface area contributed by atoms with Gasteiger partial charge in [0.25, 0.3) is 0 Å². The van der Waals surface area contributed by atoms with Crippen LogP contribution in [0.3, 0.4) is 0 Å². The van der Waals surface area contributed by atoms with Crippen LogP contribution in [0.5, 0.6) is 0 Å². The molecular formula is C18H23N3OS. The number of hydrogen-bond donors (Lipinski definition) is 1. The van der Waals surface area contributed by atoms with Crippen molar-refractivity contribution in [1.29, 1.82) is 0 Å². The fraction of sp³-hybridized carbons (Fsp3) is 0.389. The van der Waals surface area contributed by atoms with Crippen LogP contribution in [0.2, 0.25) is 0 Å². The predicted molar refractivity (Wildman–Crippen MR) is 95.9 cm³/mol. The summed E-state index contributed by atoms with van der Waals surface area (Å²) in [7, 11) is 0. The summed E-state index contributed by atoms with van der Waals surface area (Å²) in [4.78, 5) is 18.2. The zero-order valence-electron chi connectivity index (χ0n) is 13.4. The molecule has 122 valence electrons. The molecule has 0 saturated carbocycles. The molecule has 1 aliphatic heterocycles. The number of amides is 1. The van der Waals surface area contributed by atoms with Gasteiger partial charge in [0.05, 0.1) is 12.6 Å². The minimum Gasteiger partial charge on any atom is -0.369 e. The van der Waals surface area contributed by atoms with Crippen LogP contribution in [0.1, 0.15) is 11.8 Å². The average molecular weight is 329 g/mol. The van der Waals surface area contributed by atoms with Gasteiger partial charge in [-0.2, -0.15) is 0 Å². The average Bonchev–Trinajstić information content (AvgIpc) is 3.13.